The van der Waals surface area contributed by atoms with Crippen molar-refractivity contribution in [3.05, 3.63) is 34.9 Å². The van der Waals surface area contributed by atoms with Crippen molar-refractivity contribution in [2.24, 2.45) is 5.92 Å². The van der Waals surface area contributed by atoms with Gasteiger partial charge >= 0.3 is 0 Å². The molecule has 0 radical (unpaired) electrons. The van der Waals surface area contributed by atoms with E-state index in [2.05, 4.69) is 33.0 Å². The molecule has 0 bridgehead atoms. The van der Waals surface area contributed by atoms with Gasteiger partial charge in [0.05, 0.1) is 0 Å². The zero-order chi connectivity index (χ0) is 18.1. The van der Waals surface area contributed by atoms with E-state index in [-0.39, 0.29) is 11.8 Å². The second kappa shape index (κ2) is 10.1. The minimum atomic E-state index is -0.0969. The van der Waals surface area contributed by atoms with Crippen molar-refractivity contribution in [3.63, 3.8) is 0 Å². The van der Waals surface area contributed by atoms with Gasteiger partial charge in [0.15, 0.2) is 0 Å². The Hall–Kier alpha value is -1.84. The SMILES string of the molecule is CCCN(CCC)C(=O)c1cccc(C(=O)NCCC(C)C)c1C. The molecule has 4 heteroatoms. The molecule has 4 nitrogen and oxygen atoms in total. The molecule has 0 atom stereocenters. The van der Waals surface area contributed by atoms with Crippen molar-refractivity contribution in [1.82, 2.24) is 10.2 Å². The van der Waals surface area contributed by atoms with Crippen LogP contribution >= 0.6 is 0 Å². The van der Waals surface area contributed by atoms with Gasteiger partial charge in [0.1, 0.15) is 0 Å². The van der Waals surface area contributed by atoms with Crippen LogP contribution in [0.1, 0.15) is 73.2 Å². The Balaban J connectivity index is 2.94. The summed E-state index contributed by atoms with van der Waals surface area (Å²) in [4.78, 5) is 27.1. The van der Waals surface area contributed by atoms with E-state index < -0.39 is 0 Å². The summed E-state index contributed by atoms with van der Waals surface area (Å²) >= 11 is 0. The number of hydrogen-bond acceptors (Lipinski definition) is 2. The van der Waals surface area contributed by atoms with E-state index in [1.165, 1.54) is 0 Å². The van der Waals surface area contributed by atoms with Gasteiger partial charge in [-0.15, -0.1) is 0 Å². The average Bonchev–Trinajstić information content (AvgIpc) is 2.53. The van der Waals surface area contributed by atoms with Crippen molar-refractivity contribution in [2.75, 3.05) is 19.6 Å². The monoisotopic (exact) mass is 332 g/mol. The van der Waals surface area contributed by atoms with Gasteiger partial charge in [0.2, 0.25) is 0 Å². The highest BCUT2D eigenvalue weighted by Crippen LogP contribution is 2.17. The number of nitrogens with one attached hydrogen (secondary N) is 1. The molecule has 0 unspecified atom stereocenters. The fourth-order valence-electron chi connectivity index (χ4n) is 2.71. The highest BCUT2D eigenvalue weighted by molar-refractivity contribution is 6.02. The Morgan fingerprint density at radius 2 is 1.67 bits per heavy atom. The molecule has 2 amide bonds. The van der Waals surface area contributed by atoms with Crippen LogP contribution in [0.2, 0.25) is 0 Å². The molecular formula is C20H32N2O2. The van der Waals surface area contributed by atoms with Gasteiger partial charge in [-0.1, -0.05) is 33.8 Å². The lowest BCUT2D eigenvalue weighted by atomic mass is 10.0. The Bertz CT molecular complexity index is 547. The molecule has 0 heterocycles. The molecule has 1 rings (SSSR count). The molecular weight excluding hydrogens is 300 g/mol. The fraction of sp³-hybridized carbons (Fsp3) is 0.600. The van der Waals surface area contributed by atoms with Gasteiger partial charge in [-0.2, -0.15) is 0 Å². The van der Waals surface area contributed by atoms with Gasteiger partial charge in [0.25, 0.3) is 11.8 Å². The number of amides is 2. The molecule has 0 aromatic heterocycles. The van der Waals surface area contributed by atoms with Gasteiger partial charge in [-0.25, -0.2) is 0 Å². The quantitative estimate of drug-likeness (QED) is 0.742. The first-order valence-corrected chi connectivity index (χ1v) is 9.09. The van der Waals surface area contributed by atoms with Crippen molar-refractivity contribution >= 4 is 11.8 Å². The van der Waals surface area contributed by atoms with E-state index in [9.17, 15) is 9.59 Å². The molecule has 1 aromatic rings. The summed E-state index contributed by atoms with van der Waals surface area (Å²) < 4.78 is 0. The molecule has 1 aromatic carbocycles. The highest BCUT2D eigenvalue weighted by atomic mass is 16.2. The topological polar surface area (TPSA) is 49.4 Å². The van der Waals surface area contributed by atoms with E-state index in [4.69, 9.17) is 0 Å². The Morgan fingerprint density at radius 3 is 2.21 bits per heavy atom. The number of carbonyl (C=O) groups is 2. The van der Waals surface area contributed by atoms with Crippen LogP contribution in [0.5, 0.6) is 0 Å². The van der Waals surface area contributed by atoms with Gasteiger partial charge in [-0.05, 0) is 49.8 Å². The predicted molar refractivity (Wildman–Crippen MR) is 99.5 cm³/mol. The minimum absolute atomic E-state index is 0.0213. The zero-order valence-corrected chi connectivity index (χ0v) is 15.8. The van der Waals surface area contributed by atoms with E-state index in [1.54, 1.807) is 12.1 Å². The number of rotatable bonds is 9. The molecule has 0 aliphatic rings. The Morgan fingerprint density at radius 1 is 1.08 bits per heavy atom. The average molecular weight is 332 g/mol. The molecule has 0 aliphatic heterocycles. The molecule has 0 spiro atoms. The maximum absolute atomic E-state index is 12.8. The van der Waals surface area contributed by atoms with Gasteiger partial charge in [0, 0.05) is 30.8 Å². The fourth-order valence-corrected chi connectivity index (χ4v) is 2.71. The Labute approximate surface area is 146 Å². The largest absolute Gasteiger partial charge is 0.352 e. The lowest BCUT2D eigenvalue weighted by Crippen LogP contribution is -2.33. The molecule has 0 fully saturated rings. The van der Waals surface area contributed by atoms with E-state index >= 15 is 0 Å². The van der Waals surface area contributed by atoms with E-state index in [1.807, 2.05) is 17.9 Å². The van der Waals surface area contributed by atoms with Gasteiger partial charge < -0.3 is 10.2 Å². The van der Waals surface area contributed by atoms with Crippen LogP contribution in [0.25, 0.3) is 0 Å². The third-order valence-corrected chi connectivity index (χ3v) is 4.09. The first-order chi connectivity index (χ1) is 11.4. The van der Waals surface area contributed by atoms with Crippen molar-refractivity contribution < 1.29 is 9.59 Å². The van der Waals surface area contributed by atoms with Crippen LogP contribution in [0, 0.1) is 12.8 Å². The normalized spacial score (nSPS) is 10.8. The van der Waals surface area contributed by atoms with Crippen LogP contribution in [-0.2, 0) is 0 Å². The second-order valence-electron chi connectivity index (χ2n) is 6.71. The third kappa shape index (κ3) is 5.66. The summed E-state index contributed by atoms with van der Waals surface area (Å²) in [6.45, 7) is 12.4. The smallest absolute Gasteiger partial charge is 0.254 e. The highest BCUT2D eigenvalue weighted by Gasteiger charge is 2.19. The molecule has 24 heavy (non-hydrogen) atoms. The van der Waals surface area contributed by atoms with Crippen molar-refractivity contribution in [2.45, 2.75) is 53.9 Å². The summed E-state index contributed by atoms with van der Waals surface area (Å²) in [5.41, 5.74) is 1.99. The molecule has 134 valence electrons. The van der Waals surface area contributed by atoms with Crippen LogP contribution in [0.15, 0.2) is 18.2 Å². The maximum atomic E-state index is 12.8. The standard InChI is InChI=1S/C20H32N2O2/c1-6-13-22(14-7-2)20(24)18-10-8-9-17(16(18)5)19(23)21-12-11-15(3)4/h8-10,15H,6-7,11-14H2,1-5H3,(H,21,23). The lowest BCUT2D eigenvalue weighted by Gasteiger charge is -2.23. The maximum Gasteiger partial charge on any atom is 0.254 e. The number of carbonyl (C=O) groups excluding carboxylic acids is 2. The van der Waals surface area contributed by atoms with E-state index in [0.717, 1.165) is 37.9 Å². The molecule has 1 N–H and O–H groups in total. The molecule has 0 saturated carbocycles. The van der Waals surface area contributed by atoms with Crippen LogP contribution < -0.4 is 5.32 Å². The molecule has 0 saturated heterocycles. The predicted octanol–water partition coefficient (Wildman–Crippen LogP) is 4.03. The van der Waals surface area contributed by atoms with Crippen molar-refractivity contribution in [1.29, 1.82) is 0 Å². The second-order valence-corrected chi connectivity index (χ2v) is 6.71. The third-order valence-electron chi connectivity index (χ3n) is 4.09. The van der Waals surface area contributed by atoms with Crippen LogP contribution in [-0.4, -0.2) is 36.3 Å². The van der Waals surface area contributed by atoms with E-state index in [0.29, 0.717) is 23.6 Å². The molecule has 0 aliphatic carbocycles. The van der Waals surface area contributed by atoms with Crippen molar-refractivity contribution in [3.8, 4) is 0 Å². The first kappa shape index (κ1) is 20.2. The van der Waals surface area contributed by atoms with Crippen LogP contribution in [0.3, 0.4) is 0 Å². The number of nitrogens with zero attached hydrogens (tertiary/aromatic N) is 1. The van der Waals surface area contributed by atoms with Gasteiger partial charge in [-0.3, -0.25) is 9.59 Å². The van der Waals surface area contributed by atoms with Crippen LogP contribution in [0.4, 0.5) is 0 Å². The lowest BCUT2D eigenvalue weighted by molar-refractivity contribution is 0.0755. The zero-order valence-electron chi connectivity index (χ0n) is 15.8. The first-order valence-electron chi connectivity index (χ1n) is 9.09. The number of hydrogen-bond donors (Lipinski definition) is 1. The summed E-state index contributed by atoms with van der Waals surface area (Å²) in [5.74, 6) is 0.476. The summed E-state index contributed by atoms with van der Waals surface area (Å²) in [5, 5.41) is 2.95. The minimum Gasteiger partial charge on any atom is -0.352 e. The Kier molecular flexibility index (Phi) is 8.51. The number of benzene rings is 1. The summed E-state index contributed by atoms with van der Waals surface area (Å²) in [7, 11) is 0. The summed E-state index contributed by atoms with van der Waals surface area (Å²) in [6, 6.07) is 5.41. The summed E-state index contributed by atoms with van der Waals surface area (Å²) in [6.07, 6.45) is 2.81.